The molecule has 5 rings (SSSR count). The lowest BCUT2D eigenvalue weighted by Crippen LogP contribution is -2.71. The summed E-state index contributed by atoms with van der Waals surface area (Å²) in [5.74, 6) is -1.21. The monoisotopic (exact) mass is 352 g/mol. The van der Waals surface area contributed by atoms with E-state index in [4.69, 9.17) is 4.74 Å². The normalized spacial score (nSPS) is 68.4. The third kappa shape index (κ3) is 1.43. The van der Waals surface area contributed by atoms with E-state index in [1.54, 1.807) is 0 Å². The number of aliphatic hydroxyl groups excluding tert-OH is 1. The van der Waals surface area contributed by atoms with Crippen molar-refractivity contribution in [2.45, 2.75) is 76.5 Å². The predicted octanol–water partition coefficient (Wildman–Crippen LogP) is 1.28. The molecule has 5 bridgehead atoms. The Kier molecular flexibility index (Phi) is 2.90. The van der Waals surface area contributed by atoms with Crippen LogP contribution in [-0.4, -0.2) is 50.1 Å². The molecule has 1 saturated heterocycles. The third-order valence-corrected chi connectivity index (χ3v) is 9.84. The summed E-state index contributed by atoms with van der Waals surface area (Å²) in [7, 11) is 0. The Morgan fingerprint density at radius 2 is 1.84 bits per heavy atom. The summed E-state index contributed by atoms with van der Waals surface area (Å²) in [6.07, 6.45) is 2.46. The molecule has 5 aliphatic rings. The zero-order chi connectivity index (χ0) is 18.2. The van der Waals surface area contributed by atoms with Crippen molar-refractivity contribution in [1.29, 1.82) is 0 Å². The van der Waals surface area contributed by atoms with Gasteiger partial charge >= 0.3 is 0 Å². The van der Waals surface area contributed by atoms with Crippen LogP contribution < -0.4 is 0 Å². The second kappa shape index (κ2) is 4.27. The first-order valence-electron chi connectivity index (χ1n) is 9.93. The molecule has 5 nitrogen and oxygen atoms in total. The second-order valence-corrected chi connectivity index (χ2v) is 10.6. The maximum absolute atomic E-state index is 12.1. The van der Waals surface area contributed by atoms with Gasteiger partial charge in [-0.15, -0.1) is 0 Å². The van der Waals surface area contributed by atoms with Gasteiger partial charge in [0.2, 0.25) is 0 Å². The Labute approximate surface area is 149 Å². The Morgan fingerprint density at radius 3 is 2.48 bits per heavy atom. The molecular weight excluding hydrogens is 320 g/mol. The molecule has 1 heterocycles. The standard InChI is InChI=1S/C20H32O5/c1-10(8-21)12-7-13-16(2)9-19(23)18(12,4)20(13,24)15(25-19)14-11(16)5-6-17(14,3)22/h10-15,21-24H,5-9H2,1-4H3/t10?,11-,12-,13-,14+,15+,16-,17-,18+,19?,20+/m0/s1. The molecule has 4 aliphatic carbocycles. The van der Waals surface area contributed by atoms with Crippen molar-refractivity contribution in [2.24, 2.45) is 40.4 Å². The van der Waals surface area contributed by atoms with E-state index in [-0.39, 0.29) is 41.6 Å². The molecular formula is C20H32O5. The van der Waals surface area contributed by atoms with Crippen LogP contribution in [0.3, 0.4) is 0 Å². The molecule has 0 aromatic heterocycles. The number of aliphatic hydroxyl groups is 4. The molecule has 0 aromatic carbocycles. The predicted molar refractivity (Wildman–Crippen MR) is 90.3 cm³/mol. The fourth-order valence-electron chi connectivity index (χ4n) is 8.65. The van der Waals surface area contributed by atoms with E-state index >= 15 is 0 Å². The molecule has 4 N–H and O–H groups in total. The van der Waals surface area contributed by atoms with Gasteiger partial charge < -0.3 is 25.2 Å². The zero-order valence-electron chi connectivity index (χ0n) is 15.7. The molecule has 0 aromatic rings. The Hall–Kier alpha value is -0.200. The minimum atomic E-state index is -1.39. The largest absolute Gasteiger partial charge is 0.396 e. The highest BCUT2D eigenvalue weighted by atomic mass is 16.7. The van der Waals surface area contributed by atoms with Crippen LogP contribution in [0.4, 0.5) is 0 Å². The number of hydrogen-bond acceptors (Lipinski definition) is 5. The number of ether oxygens (including phenoxy) is 1. The van der Waals surface area contributed by atoms with Crippen LogP contribution in [-0.2, 0) is 4.74 Å². The van der Waals surface area contributed by atoms with E-state index in [1.807, 2.05) is 20.8 Å². The number of hydrogen-bond donors (Lipinski definition) is 4. The van der Waals surface area contributed by atoms with Crippen LogP contribution in [0.5, 0.6) is 0 Å². The number of fused-ring (bicyclic) bond motifs is 3. The van der Waals surface area contributed by atoms with Gasteiger partial charge in [-0.25, -0.2) is 0 Å². The summed E-state index contributed by atoms with van der Waals surface area (Å²) in [5, 5.41) is 44.7. The molecule has 0 amide bonds. The molecule has 4 saturated carbocycles. The first-order valence-corrected chi connectivity index (χ1v) is 9.93. The molecule has 0 spiro atoms. The van der Waals surface area contributed by atoms with Crippen molar-refractivity contribution < 1.29 is 25.2 Å². The van der Waals surface area contributed by atoms with Crippen LogP contribution in [0.25, 0.3) is 0 Å². The van der Waals surface area contributed by atoms with E-state index in [2.05, 4.69) is 6.92 Å². The van der Waals surface area contributed by atoms with Crippen molar-refractivity contribution in [1.82, 2.24) is 0 Å². The first-order chi connectivity index (χ1) is 11.5. The van der Waals surface area contributed by atoms with Gasteiger partial charge in [-0.2, -0.15) is 0 Å². The summed E-state index contributed by atoms with van der Waals surface area (Å²) in [5.41, 5.74) is -3.06. The quantitative estimate of drug-likeness (QED) is 0.601. The summed E-state index contributed by atoms with van der Waals surface area (Å²) in [4.78, 5) is 0. The Bertz CT molecular complexity index is 636. The lowest BCUT2D eigenvalue weighted by molar-refractivity contribution is -0.283. The summed E-state index contributed by atoms with van der Waals surface area (Å²) >= 11 is 0. The van der Waals surface area contributed by atoms with Gasteiger partial charge in [0.25, 0.3) is 0 Å². The van der Waals surface area contributed by atoms with Crippen molar-refractivity contribution in [2.75, 3.05) is 6.61 Å². The molecule has 25 heavy (non-hydrogen) atoms. The average molecular weight is 352 g/mol. The highest BCUT2D eigenvalue weighted by Crippen LogP contribution is 2.82. The fourth-order valence-corrected chi connectivity index (χ4v) is 8.65. The molecule has 11 atom stereocenters. The SMILES string of the molecule is CC(CO)[C@@H]1C[C@H]2[C@@]3(C)CC4(O)O[C@H]([C@H]5[C@@H]3CC[C@]5(C)O)[C@@]2(O)[C@]14C. The molecule has 142 valence electrons. The molecule has 2 unspecified atom stereocenters. The van der Waals surface area contributed by atoms with Crippen molar-refractivity contribution >= 4 is 0 Å². The molecule has 0 radical (unpaired) electrons. The first kappa shape index (κ1) is 16.9. The Balaban J connectivity index is 1.75. The number of rotatable bonds is 2. The smallest absolute Gasteiger partial charge is 0.175 e. The van der Waals surface area contributed by atoms with E-state index in [9.17, 15) is 20.4 Å². The lowest BCUT2D eigenvalue weighted by atomic mass is 9.43. The van der Waals surface area contributed by atoms with Crippen LogP contribution in [0.1, 0.15) is 53.4 Å². The maximum Gasteiger partial charge on any atom is 0.175 e. The van der Waals surface area contributed by atoms with Crippen LogP contribution in [0.2, 0.25) is 0 Å². The zero-order valence-corrected chi connectivity index (χ0v) is 15.7. The topological polar surface area (TPSA) is 90.2 Å². The van der Waals surface area contributed by atoms with Crippen molar-refractivity contribution in [3.8, 4) is 0 Å². The van der Waals surface area contributed by atoms with Gasteiger partial charge in [0.15, 0.2) is 5.79 Å². The summed E-state index contributed by atoms with van der Waals surface area (Å²) < 4.78 is 6.31. The lowest BCUT2D eigenvalue weighted by Gasteiger charge is -2.62. The van der Waals surface area contributed by atoms with Crippen molar-refractivity contribution in [3.63, 3.8) is 0 Å². The summed E-state index contributed by atoms with van der Waals surface area (Å²) in [6.45, 7) is 8.08. The molecule has 1 aliphatic heterocycles. The average Bonchev–Trinajstić information content (AvgIpc) is 2.95. The minimum absolute atomic E-state index is 0.00352. The van der Waals surface area contributed by atoms with Gasteiger partial charge in [0, 0.05) is 18.9 Å². The van der Waals surface area contributed by atoms with E-state index in [1.165, 1.54) is 0 Å². The van der Waals surface area contributed by atoms with Gasteiger partial charge in [-0.3, -0.25) is 0 Å². The van der Waals surface area contributed by atoms with Crippen LogP contribution >= 0.6 is 0 Å². The van der Waals surface area contributed by atoms with E-state index in [0.29, 0.717) is 6.42 Å². The molecule has 5 fully saturated rings. The Morgan fingerprint density at radius 1 is 1.16 bits per heavy atom. The fraction of sp³-hybridized carbons (Fsp3) is 1.00. The van der Waals surface area contributed by atoms with Gasteiger partial charge in [0.05, 0.1) is 17.1 Å². The second-order valence-electron chi connectivity index (χ2n) is 10.6. The van der Waals surface area contributed by atoms with Crippen LogP contribution in [0, 0.1) is 40.4 Å². The van der Waals surface area contributed by atoms with Crippen LogP contribution in [0.15, 0.2) is 0 Å². The third-order valence-electron chi connectivity index (χ3n) is 9.84. The van der Waals surface area contributed by atoms with Crippen molar-refractivity contribution in [3.05, 3.63) is 0 Å². The maximum atomic E-state index is 12.1. The van der Waals surface area contributed by atoms with E-state index < -0.39 is 28.5 Å². The van der Waals surface area contributed by atoms with Gasteiger partial charge in [0.1, 0.15) is 5.60 Å². The van der Waals surface area contributed by atoms with Gasteiger partial charge in [-0.1, -0.05) is 20.8 Å². The van der Waals surface area contributed by atoms with E-state index in [0.717, 1.165) is 19.3 Å². The van der Waals surface area contributed by atoms with Gasteiger partial charge in [-0.05, 0) is 55.3 Å². The minimum Gasteiger partial charge on any atom is -0.396 e. The highest BCUT2D eigenvalue weighted by Gasteiger charge is 2.89. The summed E-state index contributed by atoms with van der Waals surface area (Å²) in [6, 6.07) is 0. The molecule has 5 heteroatoms. The highest BCUT2D eigenvalue weighted by molar-refractivity contribution is 5.35.